The SMILES string of the molecule is CN(CC(C)(C)O)C(=O)COc1cccc(F)c1. The quantitative estimate of drug-likeness (QED) is 0.866. The Labute approximate surface area is 106 Å². The van der Waals surface area contributed by atoms with E-state index in [2.05, 4.69) is 0 Å². The highest BCUT2D eigenvalue weighted by Gasteiger charge is 2.19. The number of benzene rings is 1. The molecule has 100 valence electrons. The Balaban J connectivity index is 2.46. The third-order valence-electron chi connectivity index (χ3n) is 2.21. The Kier molecular flexibility index (Phi) is 4.67. The number of amides is 1. The summed E-state index contributed by atoms with van der Waals surface area (Å²) in [6, 6.07) is 5.60. The number of carbonyl (C=O) groups is 1. The van der Waals surface area contributed by atoms with Gasteiger partial charge in [-0.25, -0.2) is 4.39 Å². The van der Waals surface area contributed by atoms with Crippen LogP contribution in [0.5, 0.6) is 5.75 Å². The van der Waals surface area contributed by atoms with Gasteiger partial charge in [-0.1, -0.05) is 6.07 Å². The van der Waals surface area contributed by atoms with Gasteiger partial charge in [0.15, 0.2) is 6.61 Å². The molecule has 0 saturated heterocycles. The second-order valence-electron chi connectivity index (χ2n) is 4.81. The summed E-state index contributed by atoms with van der Waals surface area (Å²) in [5.41, 5.74) is -0.955. The van der Waals surface area contributed by atoms with Crippen molar-refractivity contribution in [1.82, 2.24) is 4.90 Å². The molecule has 0 aliphatic carbocycles. The number of carbonyl (C=O) groups excluding carboxylic acids is 1. The van der Waals surface area contributed by atoms with Crippen molar-refractivity contribution < 1.29 is 19.0 Å². The third kappa shape index (κ3) is 5.14. The average molecular weight is 255 g/mol. The van der Waals surface area contributed by atoms with E-state index in [0.717, 1.165) is 0 Å². The van der Waals surface area contributed by atoms with Crippen LogP contribution in [-0.2, 0) is 4.79 Å². The number of aliphatic hydroxyl groups is 1. The van der Waals surface area contributed by atoms with E-state index in [-0.39, 0.29) is 19.1 Å². The topological polar surface area (TPSA) is 49.8 Å². The van der Waals surface area contributed by atoms with Gasteiger partial charge in [-0.2, -0.15) is 0 Å². The maximum Gasteiger partial charge on any atom is 0.260 e. The summed E-state index contributed by atoms with van der Waals surface area (Å²) in [7, 11) is 1.58. The first-order valence-corrected chi connectivity index (χ1v) is 5.63. The van der Waals surface area contributed by atoms with E-state index in [1.54, 1.807) is 27.0 Å². The zero-order valence-electron chi connectivity index (χ0n) is 10.8. The highest BCUT2D eigenvalue weighted by atomic mass is 19.1. The zero-order valence-corrected chi connectivity index (χ0v) is 10.8. The molecule has 0 heterocycles. The van der Waals surface area contributed by atoms with E-state index < -0.39 is 11.4 Å². The molecular weight excluding hydrogens is 237 g/mol. The van der Waals surface area contributed by atoms with Gasteiger partial charge in [-0.05, 0) is 26.0 Å². The first kappa shape index (κ1) is 14.4. The van der Waals surface area contributed by atoms with E-state index in [9.17, 15) is 14.3 Å². The second kappa shape index (κ2) is 5.82. The van der Waals surface area contributed by atoms with E-state index in [1.807, 2.05) is 0 Å². The minimum atomic E-state index is -0.955. The van der Waals surface area contributed by atoms with Gasteiger partial charge >= 0.3 is 0 Å². The van der Waals surface area contributed by atoms with Crippen molar-refractivity contribution in [3.05, 3.63) is 30.1 Å². The Bertz CT molecular complexity index is 415. The smallest absolute Gasteiger partial charge is 0.260 e. The molecule has 18 heavy (non-hydrogen) atoms. The van der Waals surface area contributed by atoms with Gasteiger partial charge in [0, 0.05) is 19.7 Å². The molecule has 1 aromatic rings. The van der Waals surface area contributed by atoms with E-state index >= 15 is 0 Å². The molecule has 1 amide bonds. The predicted octanol–water partition coefficient (Wildman–Crippen LogP) is 1.43. The van der Waals surface area contributed by atoms with Crippen LogP contribution in [0.15, 0.2) is 24.3 Å². The van der Waals surface area contributed by atoms with Gasteiger partial charge in [0.1, 0.15) is 11.6 Å². The molecule has 0 spiro atoms. The fraction of sp³-hybridized carbons (Fsp3) is 0.462. The Morgan fingerprint density at radius 1 is 1.50 bits per heavy atom. The van der Waals surface area contributed by atoms with Crippen molar-refractivity contribution in [2.75, 3.05) is 20.2 Å². The second-order valence-corrected chi connectivity index (χ2v) is 4.81. The predicted molar refractivity (Wildman–Crippen MR) is 65.8 cm³/mol. The van der Waals surface area contributed by atoms with Crippen LogP contribution >= 0.6 is 0 Å². The van der Waals surface area contributed by atoms with Crippen LogP contribution in [0.25, 0.3) is 0 Å². The van der Waals surface area contributed by atoms with Crippen molar-refractivity contribution >= 4 is 5.91 Å². The number of halogens is 1. The van der Waals surface area contributed by atoms with Crippen LogP contribution in [0.4, 0.5) is 4.39 Å². The lowest BCUT2D eigenvalue weighted by Gasteiger charge is -2.25. The fourth-order valence-electron chi connectivity index (χ4n) is 1.48. The molecule has 0 aliphatic rings. The molecule has 0 fully saturated rings. The summed E-state index contributed by atoms with van der Waals surface area (Å²) >= 11 is 0. The molecule has 4 nitrogen and oxygen atoms in total. The number of likely N-dealkylation sites (N-methyl/N-ethyl adjacent to an activating group) is 1. The molecule has 1 rings (SSSR count). The maximum absolute atomic E-state index is 12.9. The monoisotopic (exact) mass is 255 g/mol. The summed E-state index contributed by atoms with van der Waals surface area (Å²) in [6.45, 7) is 3.25. The van der Waals surface area contributed by atoms with E-state index in [4.69, 9.17) is 4.74 Å². The van der Waals surface area contributed by atoms with Gasteiger partial charge in [0.25, 0.3) is 5.91 Å². The molecule has 0 radical (unpaired) electrons. The summed E-state index contributed by atoms with van der Waals surface area (Å²) in [4.78, 5) is 13.0. The molecule has 0 atom stereocenters. The zero-order chi connectivity index (χ0) is 13.8. The molecule has 0 aliphatic heterocycles. The molecule has 0 bridgehead atoms. The molecule has 0 unspecified atom stereocenters. The molecular formula is C13H18FNO3. The van der Waals surface area contributed by atoms with Crippen LogP contribution in [-0.4, -0.2) is 41.7 Å². The van der Waals surface area contributed by atoms with Crippen LogP contribution in [0, 0.1) is 5.82 Å². The lowest BCUT2D eigenvalue weighted by molar-refractivity contribution is -0.134. The normalized spacial score (nSPS) is 11.2. The fourth-order valence-corrected chi connectivity index (χ4v) is 1.48. The first-order chi connectivity index (χ1) is 8.28. The van der Waals surface area contributed by atoms with Crippen molar-refractivity contribution in [3.63, 3.8) is 0 Å². The summed E-state index contributed by atoms with van der Waals surface area (Å²) in [6.07, 6.45) is 0. The highest BCUT2D eigenvalue weighted by Crippen LogP contribution is 2.12. The highest BCUT2D eigenvalue weighted by molar-refractivity contribution is 5.77. The number of nitrogens with zero attached hydrogens (tertiary/aromatic N) is 1. The van der Waals surface area contributed by atoms with Crippen LogP contribution in [0.3, 0.4) is 0 Å². The Hall–Kier alpha value is -1.62. The maximum atomic E-state index is 12.9. The lowest BCUT2D eigenvalue weighted by atomic mass is 10.1. The van der Waals surface area contributed by atoms with Gasteiger partial charge in [0.05, 0.1) is 5.60 Å². The van der Waals surface area contributed by atoms with Crippen LogP contribution in [0.1, 0.15) is 13.8 Å². The molecule has 0 aromatic heterocycles. The van der Waals surface area contributed by atoms with Crippen LogP contribution in [0.2, 0.25) is 0 Å². The number of ether oxygens (including phenoxy) is 1. The Morgan fingerprint density at radius 2 is 2.17 bits per heavy atom. The van der Waals surface area contributed by atoms with Gasteiger partial charge in [-0.15, -0.1) is 0 Å². The molecule has 0 saturated carbocycles. The van der Waals surface area contributed by atoms with E-state index in [0.29, 0.717) is 5.75 Å². The Morgan fingerprint density at radius 3 is 2.72 bits per heavy atom. The first-order valence-electron chi connectivity index (χ1n) is 5.63. The van der Waals surface area contributed by atoms with Crippen molar-refractivity contribution in [2.24, 2.45) is 0 Å². The van der Waals surface area contributed by atoms with Crippen molar-refractivity contribution in [2.45, 2.75) is 19.4 Å². The minimum Gasteiger partial charge on any atom is -0.484 e. The molecule has 1 aromatic carbocycles. The number of rotatable bonds is 5. The van der Waals surface area contributed by atoms with E-state index in [1.165, 1.54) is 23.1 Å². The summed E-state index contributed by atoms with van der Waals surface area (Å²) in [5.74, 6) is -0.383. The lowest BCUT2D eigenvalue weighted by Crippen LogP contribution is -2.41. The average Bonchev–Trinajstić information content (AvgIpc) is 2.23. The minimum absolute atomic E-state index is 0.184. The third-order valence-corrected chi connectivity index (χ3v) is 2.21. The van der Waals surface area contributed by atoms with Gasteiger partial charge in [0.2, 0.25) is 0 Å². The number of hydrogen-bond donors (Lipinski definition) is 1. The van der Waals surface area contributed by atoms with Crippen molar-refractivity contribution in [3.8, 4) is 5.75 Å². The van der Waals surface area contributed by atoms with Gasteiger partial charge in [-0.3, -0.25) is 4.79 Å². The van der Waals surface area contributed by atoms with Crippen molar-refractivity contribution in [1.29, 1.82) is 0 Å². The molecule has 5 heteroatoms. The largest absolute Gasteiger partial charge is 0.484 e. The van der Waals surface area contributed by atoms with Crippen LogP contribution < -0.4 is 4.74 Å². The molecule has 1 N–H and O–H groups in total. The number of hydrogen-bond acceptors (Lipinski definition) is 3. The summed E-state index contributed by atoms with van der Waals surface area (Å²) in [5, 5.41) is 9.57. The summed E-state index contributed by atoms with van der Waals surface area (Å²) < 4.78 is 18.0. The standard InChI is InChI=1S/C13H18FNO3/c1-13(2,17)9-15(3)12(16)8-18-11-6-4-5-10(14)7-11/h4-7,17H,8-9H2,1-3H3. The van der Waals surface area contributed by atoms with Gasteiger partial charge < -0.3 is 14.7 Å².